The molecule has 0 bridgehead atoms. The van der Waals surface area contributed by atoms with Crippen molar-refractivity contribution in [3.8, 4) is 11.5 Å². The van der Waals surface area contributed by atoms with Gasteiger partial charge in [0.1, 0.15) is 23.0 Å². The van der Waals surface area contributed by atoms with Crippen molar-refractivity contribution >= 4 is 23.5 Å². The first-order valence-electron chi connectivity index (χ1n) is 14.1. The number of ether oxygens (including phenoxy) is 4. The summed E-state index contributed by atoms with van der Waals surface area (Å²) in [7, 11) is 3.05. The number of aliphatic hydroxyl groups is 1. The highest BCUT2D eigenvalue weighted by atomic mass is 16.7. The van der Waals surface area contributed by atoms with E-state index in [1.807, 2.05) is 17.0 Å². The lowest BCUT2D eigenvalue weighted by Crippen LogP contribution is -2.55. The van der Waals surface area contributed by atoms with Crippen LogP contribution in [0.1, 0.15) is 59.1 Å². The van der Waals surface area contributed by atoms with Crippen molar-refractivity contribution in [3.05, 3.63) is 53.6 Å². The third kappa shape index (κ3) is 8.45. The van der Waals surface area contributed by atoms with Crippen molar-refractivity contribution < 1.29 is 33.6 Å². The summed E-state index contributed by atoms with van der Waals surface area (Å²) in [6, 6.07) is 12.8. The average Bonchev–Trinajstić information content (AvgIpc) is 2.89. The average molecular weight is 569 g/mol. The van der Waals surface area contributed by atoms with Gasteiger partial charge in [-0.25, -0.2) is 4.99 Å². The van der Waals surface area contributed by atoms with Crippen molar-refractivity contribution in [1.82, 2.24) is 4.90 Å². The zero-order valence-corrected chi connectivity index (χ0v) is 25.5. The second-order valence-electron chi connectivity index (χ2n) is 11.7. The Hall–Kier alpha value is -3.59. The molecular weight excluding hydrogens is 524 g/mol. The van der Waals surface area contributed by atoms with Crippen LogP contribution in [-0.2, 0) is 32.0 Å². The fraction of sp³-hybridized carbons (Fsp3) is 0.531. The number of carbonyl (C=O) groups excluding carboxylic acids is 2. The van der Waals surface area contributed by atoms with Crippen LogP contribution in [0.2, 0.25) is 0 Å². The van der Waals surface area contributed by atoms with Crippen LogP contribution in [0.25, 0.3) is 0 Å². The highest BCUT2D eigenvalue weighted by molar-refractivity contribution is 6.17. The van der Waals surface area contributed by atoms with Gasteiger partial charge in [-0.15, -0.1) is 0 Å². The maximum Gasteiger partial charge on any atom is 0.331 e. The Kier molecular flexibility index (Phi) is 10.8. The lowest BCUT2D eigenvalue weighted by atomic mass is 9.97. The maximum absolute atomic E-state index is 13.4. The van der Waals surface area contributed by atoms with E-state index in [4.69, 9.17) is 23.9 Å². The Morgan fingerprint density at radius 3 is 2.07 bits per heavy atom. The number of rotatable bonds is 12. The maximum atomic E-state index is 13.4. The normalized spacial score (nSPS) is 16.4. The van der Waals surface area contributed by atoms with Gasteiger partial charge in [0, 0.05) is 26.5 Å². The third-order valence-electron chi connectivity index (χ3n) is 6.75. The van der Waals surface area contributed by atoms with Crippen molar-refractivity contribution in [3.63, 3.8) is 0 Å². The molecule has 1 atom stereocenters. The van der Waals surface area contributed by atoms with Gasteiger partial charge in [-0.1, -0.05) is 52.0 Å². The Morgan fingerprint density at radius 2 is 1.56 bits per heavy atom. The zero-order valence-electron chi connectivity index (χ0n) is 25.5. The molecule has 2 aromatic rings. The summed E-state index contributed by atoms with van der Waals surface area (Å²) < 4.78 is 21.9. The number of methoxy groups -OCH3 is 2. The summed E-state index contributed by atoms with van der Waals surface area (Å²) in [6.45, 7) is 11.5. The van der Waals surface area contributed by atoms with Crippen LogP contribution < -0.4 is 9.47 Å². The molecule has 0 aromatic heterocycles. The fourth-order valence-electron chi connectivity index (χ4n) is 4.92. The Balaban J connectivity index is 2.20. The van der Waals surface area contributed by atoms with E-state index in [9.17, 15) is 14.7 Å². The summed E-state index contributed by atoms with van der Waals surface area (Å²) in [4.78, 5) is 33.5. The molecule has 224 valence electrons. The molecule has 0 aliphatic carbocycles. The number of esters is 2. The molecule has 0 saturated carbocycles. The molecular formula is C32H44N2O7. The number of amidine groups is 1. The monoisotopic (exact) mass is 568 g/mol. The summed E-state index contributed by atoms with van der Waals surface area (Å²) in [5, 5.41) is 10.6. The van der Waals surface area contributed by atoms with Crippen LogP contribution in [0.5, 0.6) is 11.5 Å². The molecule has 41 heavy (non-hydrogen) atoms. The molecule has 1 aliphatic rings. The minimum atomic E-state index is -1.46. The second kappa shape index (κ2) is 13.9. The number of hydrogen-bond acceptors (Lipinski definition) is 8. The number of aliphatic imine (C=N–C) groups is 1. The Morgan fingerprint density at radius 1 is 0.951 bits per heavy atom. The highest BCUT2D eigenvalue weighted by Gasteiger charge is 2.48. The first kappa shape index (κ1) is 31.9. The fourth-order valence-corrected chi connectivity index (χ4v) is 4.92. The number of cyclic esters (lactones) is 2. The van der Waals surface area contributed by atoms with Crippen LogP contribution >= 0.6 is 0 Å². The lowest BCUT2D eigenvalue weighted by molar-refractivity contribution is -0.236. The molecule has 9 nitrogen and oxygen atoms in total. The molecule has 1 unspecified atom stereocenters. The molecule has 0 radical (unpaired) electrons. The molecule has 1 saturated heterocycles. The first-order valence-corrected chi connectivity index (χ1v) is 14.1. The van der Waals surface area contributed by atoms with Gasteiger partial charge in [0.15, 0.2) is 0 Å². The predicted octanol–water partition coefficient (Wildman–Crippen LogP) is 5.29. The molecule has 1 aliphatic heterocycles. The number of aliphatic hydroxyl groups excluding tert-OH is 1. The van der Waals surface area contributed by atoms with E-state index in [0.29, 0.717) is 29.5 Å². The summed E-state index contributed by atoms with van der Waals surface area (Å²) in [5.74, 6) is -2.60. The van der Waals surface area contributed by atoms with Gasteiger partial charge >= 0.3 is 11.9 Å². The molecule has 1 fully saturated rings. The van der Waals surface area contributed by atoms with Gasteiger partial charge in [-0.2, -0.15) is 0 Å². The van der Waals surface area contributed by atoms with E-state index < -0.39 is 29.7 Å². The molecule has 0 amide bonds. The molecule has 2 aromatic carbocycles. The first-order chi connectivity index (χ1) is 19.4. The van der Waals surface area contributed by atoms with Crippen molar-refractivity contribution in [2.24, 2.45) is 22.7 Å². The smallest absolute Gasteiger partial charge is 0.331 e. The highest BCUT2D eigenvalue weighted by Crippen LogP contribution is 2.35. The minimum Gasteiger partial charge on any atom is -0.497 e. The lowest BCUT2D eigenvalue weighted by Gasteiger charge is -2.39. The van der Waals surface area contributed by atoms with E-state index in [0.717, 1.165) is 12.0 Å². The summed E-state index contributed by atoms with van der Waals surface area (Å²) in [5.41, 5.74) is 2.54. The zero-order chi connectivity index (χ0) is 30.3. The van der Waals surface area contributed by atoms with Crippen LogP contribution in [0.4, 0.5) is 5.69 Å². The van der Waals surface area contributed by atoms with Crippen molar-refractivity contribution in [2.75, 3.05) is 20.8 Å². The molecule has 1 N–H and O–H groups in total. The van der Waals surface area contributed by atoms with E-state index >= 15 is 0 Å². The van der Waals surface area contributed by atoms with Gasteiger partial charge in [0.2, 0.25) is 5.92 Å². The topological polar surface area (TPSA) is 107 Å². The van der Waals surface area contributed by atoms with Gasteiger partial charge < -0.3 is 29.0 Å². The van der Waals surface area contributed by atoms with Gasteiger partial charge in [0.25, 0.3) is 5.79 Å². The minimum absolute atomic E-state index is 0.116. The number of benzene rings is 2. The van der Waals surface area contributed by atoms with Crippen molar-refractivity contribution in [1.29, 1.82) is 0 Å². The Labute approximate surface area is 243 Å². The number of nitrogens with zero attached hydrogens (tertiary/aromatic N) is 2. The van der Waals surface area contributed by atoms with Crippen LogP contribution in [0, 0.1) is 17.8 Å². The number of carbonyl (C=O) groups is 2. The summed E-state index contributed by atoms with van der Waals surface area (Å²) in [6.07, 6.45) is 1.54. The Bertz CT molecular complexity index is 1200. The van der Waals surface area contributed by atoms with Gasteiger partial charge in [0.05, 0.1) is 26.9 Å². The van der Waals surface area contributed by atoms with E-state index in [1.165, 1.54) is 26.5 Å². The van der Waals surface area contributed by atoms with E-state index in [1.54, 1.807) is 25.3 Å². The second-order valence-corrected chi connectivity index (χ2v) is 11.7. The van der Waals surface area contributed by atoms with E-state index in [-0.39, 0.29) is 24.9 Å². The van der Waals surface area contributed by atoms with Crippen LogP contribution in [0.15, 0.2) is 47.5 Å². The predicted molar refractivity (Wildman–Crippen MR) is 157 cm³/mol. The van der Waals surface area contributed by atoms with Gasteiger partial charge in [-0.05, 0) is 47.9 Å². The molecule has 9 heteroatoms. The molecule has 0 spiro atoms. The molecule has 3 rings (SSSR count). The van der Waals surface area contributed by atoms with Crippen molar-refractivity contribution in [2.45, 2.75) is 72.8 Å². The summed E-state index contributed by atoms with van der Waals surface area (Å²) >= 11 is 0. The standard InChI is InChI=1S/C32H44N2O7/c1-20(2)15-22-9-11-23(12-10-22)18-34(24(19-35)16-21(3)4)29(28-30(36)40-32(5,6)41-31(28)37)33-26-14-13-25(38-7)17-27(26)39-8/h9-14,17,20-21,24,28,35H,15-16,18-19H2,1-8H3. The molecule has 1 heterocycles. The van der Waals surface area contributed by atoms with Crippen LogP contribution in [-0.4, -0.2) is 60.4 Å². The quantitative estimate of drug-likeness (QED) is 0.159. The third-order valence-corrected chi connectivity index (χ3v) is 6.75. The van der Waals surface area contributed by atoms with Gasteiger partial charge in [-0.3, -0.25) is 9.59 Å². The SMILES string of the molecule is COc1ccc(N=C(C2C(=O)OC(C)(C)OC2=O)N(Cc2ccc(CC(C)C)cc2)C(CO)CC(C)C)c(OC)c1. The van der Waals surface area contributed by atoms with E-state index in [2.05, 4.69) is 39.8 Å². The van der Waals surface area contributed by atoms with Crippen LogP contribution in [0.3, 0.4) is 0 Å². The largest absolute Gasteiger partial charge is 0.497 e. The number of hydrogen-bond donors (Lipinski definition) is 1.